The largest absolute Gasteiger partial charge is 0.497 e. The van der Waals surface area contributed by atoms with Crippen molar-refractivity contribution in [1.29, 1.82) is 0 Å². The van der Waals surface area contributed by atoms with Crippen molar-refractivity contribution >= 4 is 17.7 Å². The number of aromatic nitrogens is 3. The van der Waals surface area contributed by atoms with Crippen molar-refractivity contribution in [2.24, 2.45) is 5.92 Å². The quantitative estimate of drug-likeness (QED) is 0.585. The Balaban J connectivity index is 1.60. The summed E-state index contributed by atoms with van der Waals surface area (Å²) in [5.74, 6) is 8.29. The van der Waals surface area contributed by atoms with Crippen LogP contribution in [-0.4, -0.2) is 40.2 Å². The number of hydrogen-bond acceptors (Lipinski definition) is 6. The van der Waals surface area contributed by atoms with E-state index in [0.717, 1.165) is 17.9 Å². The number of nitrogens with zero attached hydrogens (tertiary/aromatic N) is 3. The molecule has 1 aliphatic carbocycles. The number of methoxy groups -OCH3 is 1. The lowest BCUT2D eigenvalue weighted by Crippen LogP contribution is -2.27. The predicted octanol–water partition coefficient (Wildman–Crippen LogP) is 1.29. The van der Waals surface area contributed by atoms with Gasteiger partial charge in [0.05, 0.1) is 12.9 Å². The van der Waals surface area contributed by atoms with Crippen LogP contribution in [0.5, 0.6) is 5.75 Å². The zero-order chi connectivity index (χ0) is 16.2. The van der Waals surface area contributed by atoms with Gasteiger partial charge >= 0.3 is 0 Å². The van der Waals surface area contributed by atoms with E-state index in [9.17, 15) is 4.79 Å². The summed E-state index contributed by atoms with van der Waals surface area (Å²) in [7, 11) is 1.61. The lowest BCUT2D eigenvalue weighted by molar-refractivity contribution is -0.118. The van der Waals surface area contributed by atoms with Crippen LogP contribution in [0.2, 0.25) is 0 Å². The molecule has 0 radical (unpaired) electrons. The van der Waals surface area contributed by atoms with Gasteiger partial charge in [-0.2, -0.15) is 0 Å². The number of hydrogen-bond donors (Lipinski definition) is 2. The highest BCUT2D eigenvalue weighted by Crippen LogP contribution is 2.27. The van der Waals surface area contributed by atoms with E-state index in [4.69, 9.17) is 10.6 Å². The zero-order valence-corrected chi connectivity index (χ0v) is 13.7. The van der Waals surface area contributed by atoms with Gasteiger partial charge in [-0.25, -0.2) is 4.68 Å². The fraction of sp³-hybridized carbons (Fsp3) is 0.400. The van der Waals surface area contributed by atoms with Gasteiger partial charge in [-0.1, -0.05) is 11.8 Å². The van der Waals surface area contributed by atoms with Crippen molar-refractivity contribution in [3.63, 3.8) is 0 Å². The summed E-state index contributed by atoms with van der Waals surface area (Å²) in [5, 5.41) is 11.6. The van der Waals surface area contributed by atoms with Gasteiger partial charge in [-0.3, -0.25) is 4.79 Å². The maximum atomic E-state index is 11.8. The van der Waals surface area contributed by atoms with E-state index >= 15 is 0 Å². The van der Waals surface area contributed by atoms with Crippen molar-refractivity contribution in [2.45, 2.75) is 18.0 Å². The van der Waals surface area contributed by atoms with Gasteiger partial charge in [0.2, 0.25) is 11.1 Å². The maximum absolute atomic E-state index is 11.8. The molecule has 23 heavy (non-hydrogen) atoms. The number of benzene rings is 1. The number of nitrogens with one attached hydrogen (secondary N) is 1. The lowest BCUT2D eigenvalue weighted by atomic mass is 10.2. The highest BCUT2D eigenvalue weighted by Gasteiger charge is 2.21. The molecule has 1 amide bonds. The van der Waals surface area contributed by atoms with Gasteiger partial charge in [0.25, 0.3) is 0 Å². The van der Waals surface area contributed by atoms with Crippen LogP contribution in [0.4, 0.5) is 0 Å². The van der Waals surface area contributed by atoms with Gasteiger partial charge in [-0.05, 0) is 43.0 Å². The third-order valence-corrected chi connectivity index (χ3v) is 4.57. The second kappa shape index (κ2) is 6.91. The molecule has 1 aromatic carbocycles. The molecule has 3 N–H and O–H groups in total. The fourth-order valence-electron chi connectivity index (χ4n) is 2.07. The van der Waals surface area contributed by atoms with Crippen LogP contribution in [0.1, 0.15) is 12.8 Å². The topological polar surface area (TPSA) is 95.1 Å². The molecule has 7 nitrogen and oxygen atoms in total. The molecule has 2 aromatic rings. The Bertz CT molecular complexity index is 682. The first-order valence-corrected chi connectivity index (χ1v) is 8.40. The van der Waals surface area contributed by atoms with Crippen LogP contribution in [0.25, 0.3) is 11.4 Å². The van der Waals surface area contributed by atoms with Gasteiger partial charge < -0.3 is 15.9 Å². The summed E-state index contributed by atoms with van der Waals surface area (Å²) in [5.41, 5.74) is 0.839. The van der Waals surface area contributed by atoms with Gasteiger partial charge in [0, 0.05) is 12.1 Å². The molecule has 0 bridgehead atoms. The highest BCUT2D eigenvalue weighted by molar-refractivity contribution is 7.99. The Labute approximate surface area is 138 Å². The number of nitrogens with two attached hydrogens (primary N) is 1. The molecule has 1 aliphatic rings. The minimum Gasteiger partial charge on any atom is -0.497 e. The Kier molecular flexibility index (Phi) is 4.71. The average molecular weight is 333 g/mol. The molecule has 1 fully saturated rings. The first-order valence-electron chi connectivity index (χ1n) is 7.42. The smallest absolute Gasteiger partial charge is 0.230 e. The van der Waals surface area contributed by atoms with E-state index < -0.39 is 0 Å². The number of rotatable bonds is 7. The number of amides is 1. The Hall–Kier alpha value is -2.22. The van der Waals surface area contributed by atoms with Gasteiger partial charge in [0.1, 0.15) is 5.75 Å². The van der Waals surface area contributed by atoms with E-state index in [1.807, 2.05) is 24.3 Å². The SMILES string of the molecule is COc1ccc(-c2nnc(SCC(=O)NCC3CC3)n2N)cc1. The van der Waals surface area contributed by atoms with Crippen LogP contribution in [-0.2, 0) is 4.79 Å². The summed E-state index contributed by atoms with van der Waals surface area (Å²) in [6.45, 7) is 0.770. The van der Waals surface area contributed by atoms with Crippen LogP contribution in [0, 0.1) is 5.92 Å². The molecule has 0 aliphatic heterocycles. The molecular weight excluding hydrogens is 314 g/mol. The maximum Gasteiger partial charge on any atom is 0.230 e. The van der Waals surface area contributed by atoms with Gasteiger partial charge in [-0.15, -0.1) is 10.2 Å². The van der Waals surface area contributed by atoms with Crippen molar-refractivity contribution in [3.05, 3.63) is 24.3 Å². The van der Waals surface area contributed by atoms with Crippen molar-refractivity contribution in [3.8, 4) is 17.1 Å². The minimum atomic E-state index is -0.00380. The van der Waals surface area contributed by atoms with E-state index in [-0.39, 0.29) is 11.7 Å². The summed E-state index contributed by atoms with van der Waals surface area (Å²) in [6, 6.07) is 7.40. The average Bonchev–Trinajstić information content (AvgIpc) is 3.34. The molecule has 0 unspecified atom stereocenters. The Morgan fingerprint density at radius 1 is 1.39 bits per heavy atom. The Morgan fingerprint density at radius 3 is 2.78 bits per heavy atom. The van der Waals surface area contributed by atoms with E-state index in [1.165, 1.54) is 29.3 Å². The minimum absolute atomic E-state index is 0.00380. The molecule has 3 rings (SSSR count). The number of carbonyl (C=O) groups excluding carboxylic acids is 1. The number of thioether (sulfide) groups is 1. The molecule has 122 valence electrons. The molecule has 0 atom stereocenters. The van der Waals surface area contributed by atoms with Crippen LogP contribution in [0.3, 0.4) is 0 Å². The second-order valence-corrected chi connectivity index (χ2v) is 6.38. The summed E-state index contributed by atoms with van der Waals surface area (Å²) in [6.07, 6.45) is 2.44. The predicted molar refractivity (Wildman–Crippen MR) is 88.6 cm³/mol. The Morgan fingerprint density at radius 2 is 2.13 bits per heavy atom. The molecule has 1 heterocycles. The van der Waals surface area contributed by atoms with Crippen LogP contribution < -0.4 is 15.9 Å². The number of nitrogen functional groups attached to an aromatic ring is 1. The molecule has 0 saturated heterocycles. The molecule has 0 spiro atoms. The van der Waals surface area contributed by atoms with E-state index in [0.29, 0.717) is 16.9 Å². The number of ether oxygens (including phenoxy) is 1. The summed E-state index contributed by atoms with van der Waals surface area (Å²) < 4.78 is 6.53. The second-order valence-electron chi connectivity index (χ2n) is 5.44. The fourth-order valence-corrected chi connectivity index (χ4v) is 2.76. The van der Waals surface area contributed by atoms with Crippen molar-refractivity contribution in [2.75, 3.05) is 25.3 Å². The third kappa shape index (κ3) is 3.95. The van der Waals surface area contributed by atoms with E-state index in [1.54, 1.807) is 7.11 Å². The molecule has 1 saturated carbocycles. The first-order chi connectivity index (χ1) is 11.2. The first kappa shape index (κ1) is 15.7. The number of carbonyl (C=O) groups is 1. The lowest BCUT2D eigenvalue weighted by Gasteiger charge is -2.05. The van der Waals surface area contributed by atoms with Crippen molar-refractivity contribution < 1.29 is 9.53 Å². The van der Waals surface area contributed by atoms with Crippen molar-refractivity contribution in [1.82, 2.24) is 20.2 Å². The standard InChI is InChI=1S/C15H19N5O2S/c1-22-12-6-4-11(5-7-12)14-18-19-15(20(14)16)23-9-13(21)17-8-10-2-3-10/h4-7,10H,2-3,8-9,16H2,1H3,(H,17,21). The molecular formula is C15H19N5O2S. The third-order valence-electron chi connectivity index (χ3n) is 3.63. The molecule has 1 aromatic heterocycles. The van der Waals surface area contributed by atoms with Crippen LogP contribution >= 0.6 is 11.8 Å². The van der Waals surface area contributed by atoms with E-state index in [2.05, 4.69) is 15.5 Å². The molecule has 8 heteroatoms. The monoisotopic (exact) mass is 333 g/mol. The van der Waals surface area contributed by atoms with Gasteiger partial charge in [0.15, 0.2) is 5.82 Å². The highest BCUT2D eigenvalue weighted by atomic mass is 32.2. The normalized spacial score (nSPS) is 13.8. The van der Waals surface area contributed by atoms with Crippen LogP contribution in [0.15, 0.2) is 29.4 Å². The summed E-state index contributed by atoms with van der Waals surface area (Å²) >= 11 is 1.28. The summed E-state index contributed by atoms with van der Waals surface area (Å²) in [4.78, 5) is 11.8. The zero-order valence-electron chi connectivity index (χ0n) is 12.9.